The molecule has 5 nitrogen and oxygen atoms in total. The third-order valence-electron chi connectivity index (χ3n) is 2.10. The van der Waals surface area contributed by atoms with Crippen molar-refractivity contribution in [2.45, 2.75) is 13.8 Å². The predicted molar refractivity (Wildman–Crippen MR) is 58.7 cm³/mol. The van der Waals surface area contributed by atoms with Crippen LogP contribution in [0.2, 0.25) is 0 Å². The molecule has 1 rings (SSSR count). The maximum atomic E-state index is 11.1. The van der Waals surface area contributed by atoms with Crippen molar-refractivity contribution in [3.63, 3.8) is 0 Å². The molecule has 0 aromatic heterocycles. The lowest BCUT2D eigenvalue weighted by Gasteiger charge is -2.12. The smallest absolute Gasteiger partial charge is 0.394 e. The van der Waals surface area contributed by atoms with Crippen molar-refractivity contribution < 1.29 is 19.4 Å². The van der Waals surface area contributed by atoms with Gasteiger partial charge in [0.1, 0.15) is 5.75 Å². The maximum Gasteiger partial charge on any atom is 0.394 e. The molecule has 0 aliphatic heterocycles. The molecule has 0 spiro atoms. The van der Waals surface area contributed by atoms with Crippen molar-refractivity contribution in [2.24, 2.45) is 0 Å². The highest BCUT2D eigenvalue weighted by molar-refractivity contribution is 6.36. The highest BCUT2D eigenvalue weighted by Crippen LogP contribution is 2.29. The summed E-state index contributed by atoms with van der Waals surface area (Å²) < 4.78 is 5.08. The Bertz CT molecular complexity index is 440. The van der Waals surface area contributed by atoms with Crippen molar-refractivity contribution in [3.05, 3.63) is 23.3 Å². The Morgan fingerprint density at radius 2 is 1.94 bits per heavy atom. The molecule has 0 aliphatic carbocycles. The van der Waals surface area contributed by atoms with Crippen LogP contribution in [-0.4, -0.2) is 24.1 Å². The van der Waals surface area contributed by atoms with Gasteiger partial charge in [0.25, 0.3) is 0 Å². The minimum absolute atomic E-state index is 0.389. The fourth-order valence-corrected chi connectivity index (χ4v) is 1.42. The van der Waals surface area contributed by atoms with Crippen molar-refractivity contribution in [2.75, 3.05) is 12.4 Å². The van der Waals surface area contributed by atoms with Gasteiger partial charge in [0.05, 0.1) is 12.8 Å². The van der Waals surface area contributed by atoms with Crippen LogP contribution in [0.4, 0.5) is 5.69 Å². The van der Waals surface area contributed by atoms with E-state index in [9.17, 15) is 9.59 Å². The van der Waals surface area contributed by atoms with E-state index < -0.39 is 11.9 Å². The molecule has 0 atom stereocenters. The summed E-state index contributed by atoms with van der Waals surface area (Å²) in [4.78, 5) is 21.5. The summed E-state index contributed by atoms with van der Waals surface area (Å²) in [5, 5.41) is 10.8. The molecule has 0 heterocycles. The summed E-state index contributed by atoms with van der Waals surface area (Å²) in [6.07, 6.45) is 0. The molecule has 0 unspecified atom stereocenters. The Balaban J connectivity index is 3.12. The van der Waals surface area contributed by atoms with Crippen LogP contribution in [0.1, 0.15) is 11.1 Å². The van der Waals surface area contributed by atoms with Crippen LogP contribution < -0.4 is 10.1 Å². The van der Waals surface area contributed by atoms with Gasteiger partial charge in [-0.15, -0.1) is 0 Å². The molecule has 0 saturated carbocycles. The predicted octanol–water partition coefficient (Wildman–Crippen LogP) is 1.34. The number of carbonyl (C=O) groups excluding carboxylic acids is 1. The van der Waals surface area contributed by atoms with Gasteiger partial charge >= 0.3 is 11.9 Å². The number of aryl methyl sites for hydroxylation is 2. The van der Waals surface area contributed by atoms with E-state index in [2.05, 4.69) is 5.32 Å². The van der Waals surface area contributed by atoms with Crippen molar-refractivity contribution in [1.82, 2.24) is 0 Å². The van der Waals surface area contributed by atoms with E-state index in [-0.39, 0.29) is 0 Å². The van der Waals surface area contributed by atoms with E-state index in [1.54, 1.807) is 13.0 Å². The van der Waals surface area contributed by atoms with E-state index in [4.69, 9.17) is 9.84 Å². The van der Waals surface area contributed by atoms with Crippen LogP contribution in [0, 0.1) is 13.8 Å². The van der Waals surface area contributed by atoms with Crippen molar-refractivity contribution in [3.8, 4) is 5.75 Å². The number of hydrogen-bond acceptors (Lipinski definition) is 3. The first-order valence-corrected chi connectivity index (χ1v) is 4.65. The number of benzene rings is 1. The van der Waals surface area contributed by atoms with Gasteiger partial charge in [-0.05, 0) is 31.0 Å². The quantitative estimate of drug-likeness (QED) is 0.742. The normalized spacial score (nSPS) is 9.69. The number of nitrogens with one attached hydrogen (secondary N) is 1. The second-order valence-electron chi connectivity index (χ2n) is 3.42. The van der Waals surface area contributed by atoms with Gasteiger partial charge < -0.3 is 15.2 Å². The first-order valence-electron chi connectivity index (χ1n) is 4.65. The van der Waals surface area contributed by atoms with Crippen molar-refractivity contribution in [1.29, 1.82) is 0 Å². The van der Waals surface area contributed by atoms with Gasteiger partial charge in [-0.2, -0.15) is 0 Å². The van der Waals surface area contributed by atoms with Crippen LogP contribution in [0.25, 0.3) is 0 Å². The molecule has 5 heteroatoms. The third kappa shape index (κ3) is 2.50. The number of carboxylic acid groups (broad SMARTS) is 1. The summed E-state index contributed by atoms with van der Waals surface area (Å²) in [5.41, 5.74) is 2.12. The number of rotatable bonds is 2. The fourth-order valence-electron chi connectivity index (χ4n) is 1.42. The molecular weight excluding hydrogens is 210 g/mol. The number of anilines is 1. The van der Waals surface area contributed by atoms with Gasteiger partial charge in [0, 0.05) is 0 Å². The van der Waals surface area contributed by atoms with Gasteiger partial charge in [0.15, 0.2) is 0 Å². The second kappa shape index (κ2) is 4.65. The Hall–Kier alpha value is -2.04. The highest BCUT2D eigenvalue weighted by atomic mass is 16.5. The Kier molecular flexibility index (Phi) is 3.50. The zero-order valence-electron chi connectivity index (χ0n) is 9.33. The molecule has 0 fully saturated rings. The van der Waals surface area contributed by atoms with Gasteiger partial charge in [-0.1, -0.05) is 6.07 Å². The molecule has 1 aromatic carbocycles. The Morgan fingerprint density at radius 3 is 2.44 bits per heavy atom. The number of carboxylic acids is 1. The molecule has 0 bridgehead atoms. The second-order valence-corrected chi connectivity index (χ2v) is 3.42. The first kappa shape index (κ1) is 12.0. The average Bonchev–Trinajstić information content (AvgIpc) is 2.21. The largest absolute Gasteiger partial charge is 0.495 e. The van der Waals surface area contributed by atoms with E-state index >= 15 is 0 Å². The number of methoxy groups -OCH3 is 1. The molecule has 0 saturated heterocycles. The molecule has 86 valence electrons. The zero-order valence-corrected chi connectivity index (χ0v) is 9.33. The Labute approximate surface area is 93.0 Å². The molecule has 0 radical (unpaired) electrons. The molecular formula is C11H13NO4. The lowest BCUT2D eigenvalue weighted by atomic mass is 10.1. The van der Waals surface area contributed by atoms with Gasteiger partial charge in [-0.25, -0.2) is 4.79 Å². The number of ether oxygens (including phenoxy) is 1. The van der Waals surface area contributed by atoms with E-state index in [0.717, 1.165) is 11.1 Å². The Morgan fingerprint density at radius 1 is 1.31 bits per heavy atom. The summed E-state index contributed by atoms with van der Waals surface area (Å²) in [6.45, 7) is 3.66. The first-order chi connectivity index (χ1) is 7.45. The summed E-state index contributed by atoms with van der Waals surface area (Å²) in [7, 11) is 1.46. The monoisotopic (exact) mass is 223 g/mol. The molecule has 1 aromatic rings. The lowest BCUT2D eigenvalue weighted by molar-refractivity contribution is -0.147. The van der Waals surface area contributed by atoms with E-state index in [1.807, 2.05) is 13.0 Å². The standard InChI is InChI=1S/C11H13NO4/c1-6-4-7(2)9(8(5-6)16-3)12-10(13)11(14)15/h4-5H,1-3H3,(H,12,13)(H,14,15). The number of amides is 1. The van der Waals surface area contributed by atoms with Gasteiger partial charge in [0.2, 0.25) is 0 Å². The van der Waals surface area contributed by atoms with Crippen LogP contribution >= 0.6 is 0 Å². The van der Waals surface area contributed by atoms with Crippen LogP contribution in [0.5, 0.6) is 5.75 Å². The summed E-state index contributed by atoms with van der Waals surface area (Å²) in [6, 6.07) is 3.56. The minimum atomic E-state index is -1.53. The summed E-state index contributed by atoms with van der Waals surface area (Å²) in [5.74, 6) is -2.15. The third-order valence-corrected chi connectivity index (χ3v) is 2.10. The zero-order chi connectivity index (χ0) is 12.3. The molecule has 2 N–H and O–H groups in total. The van der Waals surface area contributed by atoms with Crippen LogP contribution in [-0.2, 0) is 9.59 Å². The number of carbonyl (C=O) groups is 2. The van der Waals surface area contributed by atoms with E-state index in [0.29, 0.717) is 11.4 Å². The topological polar surface area (TPSA) is 75.6 Å². The fraction of sp³-hybridized carbons (Fsp3) is 0.273. The molecule has 0 aliphatic rings. The number of aliphatic carboxylic acids is 1. The minimum Gasteiger partial charge on any atom is -0.495 e. The SMILES string of the molecule is COc1cc(C)cc(C)c1NC(=O)C(=O)O. The maximum absolute atomic E-state index is 11.1. The highest BCUT2D eigenvalue weighted by Gasteiger charge is 2.15. The van der Waals surface area contributed by atoms with Crippen LogP contribution in [0.3, 0.4) is 0 Å². The van der Waals surface area contributed by atoms with Crippen molar-refractivity contribution >= 4 is 17.6 Å². The average molecular weight is 223 g/mol. The summed E-state index contributed by atoms with van der Waals surface area (Å²) >= 11 is 0. The van der Waals surface area contributed by atoms with Crippen LogP contribution in [0.15, 0.2) is 12.1 Å². The lowest BCUT2D eigenvalue weighted by Crippen LogP contribution is -2.22. The van der Waals surface area contributed by atoms with E-state index in [1.165, 1.54) is 7.11 Å². The van der Waals surface area contributed by atoms with Gasteiger partial charge in [-0.3, -0.25) is 4.79 Å². The molecule has 16 heavy (non-hydrogen) atoms. The number of hydrogen-bond donors (Lipinski definition) is 2. The molecule has 1 amide bonds.